The molecule has 0 fully saturated rings. The van der Waals surface area contributed by atoms with Gasteiger partial charge in [0.05, 0.1) is 16.6 Å². The predicted octanol–water partition coefficient (Wildman–Crippen LogP) is 3.48. The number of benzene rings is 1. The maximum atomic E-state index is 13.2. The molecule has 0 aliphatic carbocycles. The van der Waals surface area contributed by atoms with Crippen LogP contribution in [0.15, 0.2) is 24.3 Å². The number of carbonyl (C=O) groups excluding carboxylic acids is 1. The topological polar surface area (TPSA) is 51.0 Å². The van der Waals surface area contributed by atoms with Gasteiger partial charge in [0.2, 0.25) is 0 Å². The largest absolute Gasteiger partial charge is 0.311 e. The minimum absolute atomic E-state index is 0.0494. The van der Waals surface area contributed by atoms with E-state index in [1.54, 1.807) is 9.58 Å². The lowest BCUT2D eigenvalue weighted by molar-refractivity contribution is 0.0994. The molecule has 0 saturated heterocycles. The summed E-state index contributed by atoms with van der Waals surface area (Å²) < 4.78 is 1.73. The molecule has 3 rings (SSSR count). The van der Waals surface area contributed by atoms with Gasteiger partial charge in [0.15, 0.2) is 5.65 Å². The van der Waals surface area contributed by atoms with Crippen LogP contribution in [0.1, 0.15) is 32.9 Å². The zero-order chi connectivity index (χ0) is 17.6. The molecule has 0 N–H and O–H groups in total. The second-order valence-corrected chi connectivity index (χ2v) is 6.43. The first kappa shape index (κ1) is 16.2. The van der Waals surface area contributed by atoms with E-state index in [0.717, 1.165) is 39.2 Å². The van der Waals surface area contributed by atoms with E-state index in [2.05, 4.69) is 16.1 Å². The number of anilines is 1. The van der Waals surface area contributed by atoms with Gasteiger partial charge in [0.1, 0.15) is 0 Å². The number of nitrogens with zero attached hydrogens (tertiary/aromatic N) is 4. The van der Waals surface area contributed by atoms with Gasteiger partial charge in [0.25, 0.3) is 5.91 Å². The summed E-state index contributed by atoms with van der Waals surface area (Å²) in [6.07, 6.45) is 0. The zero-order valence-corrected chi connectivity index (χ0v) is 15.0. The summed E-state index contributed by atoms with van der Waals surface area (Å²) in [6.45, 7) is 7.88. The summed E-state index contributed by atoms with van der Waals surface area (Å²) in [4.78, 5) is 19.4. The molecule has 24 heavy (non-hydrogen) atoms. The number of hydrogen-bond donors (Lipinski definition) is 0. The van der Waals surface area contributed by atoms with E-state index >= 15 is 0 Å². The van der Waals surface area contributed by atoms with Crippen molar-refractivity contribution in [3.63, 3.8) is 0 Å². The number of rotatable bonds is 2. The van der Waals surface area contributed by atoms with Gasteiger partial charge < -0.3 is 4.90 Å². The van der Waals surface area contributed by atoms with Crippen LogP contribution in [0, 0.1) is 27.7 Å². The summed E-state index contributed by atoms with van der Waals surface area (Å²) in [6, 6.07) is 7.98. The first-order valence-corrected chi connectivity index (χ1v) is 7.95. The molecule has 0 spiro atoms. The summed E-state index contributed by atoms with van der Waals surface area (Å²) in [5.41, 5.74) is 6.17. The van der Waals surface area contributed by atoms with Crippen molar-refractivity contribution in [1.29, 1.82) is 0 Å². The fraction of sp³-hybridized carbons (Fsp3) is 0.316. The van der Waals surface area contributed by atoms with E-state index < -0.39 is 0 Å². The lowest BCUT2D eigenvalue weighted by Crippen LogP contribution is -2.27. The van der Waals surface area contributed by atoms with Crippen LogP contribution in [0.25, 0.3) is 11.0 Å². The predicted molar refractivity (Wildman–Crippen MR) is 96.6 cm³/mol. The highest BCUT2D eigenvalue weighted by Crippen LogP contribution is 2.25. The van der Waals surface area contributed by atoms with Crippen LogP contribution in [0.5, 0.6) is 0 Å². The molecule has 1 amide bonds. The molecule has 2 heterocycles. The second kappa shape index (κ2) is 5.74. The Balaban J connectivity index is 2.14. The first-order chi connectivity index (χ1) is 11.3. The smallest absolute Gasteiger partial charge is 0.258 e. The summed E-state index contributed by atoms with van der Waals surface area (Å²) >= 11 is 0. The Hall–Kier alpha value is -2.69. The molecule has 1 aromatic carbocycles. The van der Waals surface area contributed by atoms with Crippen molar-refractivity contribution in [3.05, 3.63) is 52.3 Å². The summed E-state index contributed by atoms with van der Waals surface area (Å²) in [5, 5.41) is 5.24. The molecule has 0 atom stereocenters. The van der Waals surface area contributed by atoms with E-state index in [0.29, 0.717) is 5.56 Å². The number of carbonyl (C=O) groups is 1. The third-order valence-corrected chi connectivity index (χ3v) is 4.23. The Morgan fingerprint density at radius 3 is 2.29 bits per heavy atom. The lowest BCUT2D eigenvalue weighted by atomic mass is 10.1. The fourth-order valence-corrected chi connectivity index (χ4v) is 3.18. The number of aryl methyl sites for hydroxylation is 5. The van der Waals surface area contributed by atoms with Crippen molar-refractivity contribution in [2.24, 2.45) is 7.05 Å². The normalized spacial score (nSPS) is 11.1. The molecule has 0 radical (unpaired) electrons. The Morgan fingerprint density at radius 1 is 1.04 bits per heavy atom. The number of amides is 1. The second-order valence-electron chi connectivity index (χ2n) is 6.43. The van der Waals surface area contributed by atoms with Crippen LogP contribution in [-0.2, 0) is 7.05 Å². The van der Waals surface area contributed by atoms with Crippen molar-refractivity contribution in [2.75, 3.05) is 11.9 Å². The average molecular weight is 322 g/mol. The van der Waals surface area contributed by atoms with Crippen LogP contribution in [-0.4, -0.2) is 27.7 Å². The molecule has 0 aliphatic heterocycles. The van der Waals surface area contributed by atoms with E-state index in [4.69, 9.17) is 0 Å². The molecule has 0 aliphatic rings. The molecular formula is C19H22N4O. The summed E-state index contributed by atoms with van der Waals surface area (Å²) in [7, 11) is 3.66. The number of pyridine rings is 1. The third-order valence-electron chi connectivity index (χ3n) is 4.23. The Morgan fingerprint density at radius 2 is 1.67 bits per heavy atom. The molecule has 0 unspecified atom stereocenters. The average Bonchev–Trinajstić information content (AvgIpc) is 2.78. The first-order valence-electron chi connectivity index (χ1n) is 7.95. The van der Waals surface area contributed by atoms with Gasteiger partial charge in [0, 0.05) is 25.5 Å². The Labute approximate surface area is 141 Å². The van der Waals surface area contributed by atoms with Crippen molar-refractivity contribution in [2.45, 2.75) is 27.7 Å². The molecule has 3 aromatic rings. The Bertz CT molecular complexity index is 935. The standard InChI is InChI=1S/C19H22N4O/c1-11-7-12(2)9-15(8-11)22(5)19(24)16-10-13(3)20-18-17(16)14(4)21-23(18)6/h7-10H,1-6H3. The molecule has 0 saturated carbocycles. The van der Waals surface area contributed by atoms with Crippen LogP contribution in [0.2, 0.25) is 0 Å². The maximum Gasteiger partial charge on any atom is 0.258 e. The lowest BCUT2D eigenvalue weighted by Gasteiger charge is -2.19. The highest BCUT2D eigenvalue weighted by molar-refractivity contribution is 6.13. The SMILES string of the molecule is Cc1cc(C)cc(N(C)C(=O)c2cc(C)nc3c2c(C)nn3C)c1. The van der Waals surface area contributed by atoms with Crippen LogP contribution >= 0.6 is 0 Å². The van der Waals surface area contributed by atoms with Crippen LogP contribution < -0.4 is 4.90 Å². The van der Waals surface area contributed by atoms with E-state index in [9.17, 15) is 4.79 Å². The quantitative estimate of drug-likeness (QED) is 0.726. The maximum absolute atomic E-state index is 13.2. The molecule has 0 bridgehead atoms. The monoisotopic (exact) mass is 322 g/mol. The van der Waals surface area contributed by atoms with Crippen molar-refractivity contribution < 1.29 is 4.79 Å². The number of fused-ring (bicyclic) bond motifs is 1. The highest BCUT2D eigenvalue weighted by atomic mass is 16.2. The summed E-state index contributed by atoms with van der Waals surface area (Å²) in [5.74, 6) is -0.0494. The van der Waals surface area contributed by atoms with Gasteiger partial charge in [-0.1, -0.05) is 6.07 Å². The van der Waals surface area contributed by atoms with Crippen LogP contribution in [0.4, 0.5) is 5.69 Å². The molecule has 2 aromatic heterocycles. The molecule has 5 nitrogen and oxygen atoms in total. The minimum Gasteiger partial charge on any atom is -0.311 e. The van der Waals surface area contributed by atoms with E-state index in [1.165, 1.54) is 0 Å². The van der Waals surface area contributed by atoms with Gasteiger partial charge in [-0.2, -0.15) is 5.10 Å². The van der Waals surface area contributed by atoms with Crippen molar-refractivity contribution in [1.82, 2.24) is 14.8 Å². The molecule has 124 valence electrons. The Kier molecular flexibility index (Phi) is 3.87. The zero-order valence-electron chi connectivity index (χ0n) is 15.0. The van der Waals surface area contributed by atoms with Crippen LogP contribution in [0.3, 0.4) is 0 Å². The van der Waals surface area contributed by atoms with Crippen molar-refractivity contribution in [3.8, 4) is 0 Å². The third kappa shape index (κ3) is 2.66. The van der Waals surface area contributed by atoms with Gasteiger partial charge in [-0.3, -0.25) is 9.48 Å². The number of hydrogen-bond acceptors (Lipinski definition) is 3. The van der Waals surface area contributed by atoms with Gasteiger partial charge in [-0.15, -0.1) is 0 Å². The molecular weight excluding hydrogens is 300 g/mol. The van der Waals surface area contributed by atoms with Gasteiger partial charge in [-0.05, 0) is 57.0 Å². The van der Waals surface area contributed by atoms with Gasteiger partial charge >= 0.3 is 0 Å². The highest BCUT2D eigenvalue weighted by Gasteiger charge is 2.21. The number of aromatic nitrogens is 3. The minimum atomic E-state index is -0.0494. The van der Waals surface area contributed by atoms with Crippen molar-refractivity contribution >= 4 is 22.6 Å². The van der Waals surface area contributed by atoms with E-state index in [1.807, 2.05) is 60.0 Å². The molecule has 5 heteroatoms. The van der Waals surface area contributed by atoms with E-state index in [-0.39, 0.29) is 5.91 Å². The van der Waals surface area contributed by atoms with Gasteiger partial charge in [-0.25, -0.2) is 4.98 Å². The fourth-order valence-electron chi connectivity index (χ4n) is 3.18.